The van der Waals surface area contributed by atoms with Crippen molar-refractivity contribution in [3.05, 3.63) is 75.7 Å². The highest BCUT2D eigenvalue weighted by atomic mass is 32.1. The van der Waals surface area contributed by atoms with Gasteiger partial charge in [0.1, 0.15) is 17.1 Å². The highest BCUT2D eigenvalue weighted by Crippen LogP contribution is 2.31. The van der Waals surface area contributed by atoms with Crippen LogP contribution in [0.3, 0.4) is 0 Å². The van der Waals surface area contributed by atoms with Crippen LogP contribution in [0.15, 0.2) is 59.0 Å². The predicted octanol–water partition coefficient (Wildman–Crippen LogP) is 4.39. The molecular weight excluding hydrogens is 398 g/mol. The summed E-state index contributed by atoms with van der Waals surface area (Å²) >= 11 is 1.43. The molecule has 2 aromatic heterocycles. The number of nitrogens with zero attached hydrogens (tertiary/aromatic N) is 2. The van der Waals surface area contributed by atoms with Gasteiger partial charge in [0, 0.05) is 22.7 Å². The Hall–Kier alpha value is -3.45. The Morgan fingerprint density at radius 3 is 2.77 bits per heavy atom. The summed E-state index contributed by atoms with van der Waals surface area (Å²) in [7, 11) is 1.56. The van der Waals surface area contributed by atoms with Crippen molar-refractivity contribution in [2.45, 2.75) is 20.4 Å². The van der Waals surface area contributed by atoms with Gasteiger partial charge in [0.05, 0.1) is 18.8 Å². The molecule has 152 valence electrons. The first kappa shape index (κ1) is 19.8. The second-order valence-electron chi connectivity index (χ2n) is 7.09. The largest absolute Gasteiger partial charge is 0.497 e. The van der Waals surface area contributed by atoms with Crippen LogP contribution in [0.25, 0.3) is 21.3 Å². The molecule has 2 heterocycles. The van der Waals surface area contributed by atoms with E-state index in [0.29, 0.717) is 21.7 Å². The van der Waals surface area contributed by atoms with Crippen LogP contribution in [-0.4, -0.2) is 22.6 Å². The molecule has 0 aliphatic heterocycles. The monoisotopic (exact) mass is 419 g/mol. The molecule has 1 amide bonds. The van der Waals surface area contributed by atoms with E-state index in [1.54, 1.807) is 31.4 Å². The second-order valence-corrected chi connectivity index (χ2v) is 7.94. The van der Waals surface area contributed by atoms with E-state index in [2.05, 4.69) is 23.3 Å². The zero-order valence-electron chi connectivity index (χ0n) is 16.9. The van der Waals surface area contributed by atoms with Crippen molar-refractivity contribution in [2.24, 2.45) is 0 Å². The Balaban J connectivity index is 1.65. The Morgan fingerprint density at radius 1 is 1.17 bits per heavy atom. The van der Waals surface area contributed by atoms with E-state index < -0.39 is 0 Å². The molecule has 30 heavy (non-hydrogen) atoms. The molecule has 4 rings (SSSR count). The van der Waals surface area contributed by atoms with Gasteiger partial charge < -0.3 is 10.1 Å². The maximum absolute atomic E-state index is 13.2. The standard InChI is InChI=1S/C23H21N3O3S/c1-14-7-8-16(9-15(14)2)19-12-30-22-21(19)23(28)26(13-24-22)11-20(27)25-17-5-4-6-18(10-17)29-3/h4-10,12-13H,11H2,1-3H3,(H,25,27). The van der Waals surface area contributed by atoms with Crippen LogP contribution in [0.5, 0.6) is 5.75 Å². The summed E-state index contributed by atoms with van der Waals surface area (Å²) in [5, 5.41) is 5.28. The van der Waals surface area contributed by atoms with E-state index in [1.165, 1.54) is 27.8 Å². The van der Waals surface area contributed by atoms with Gasteiger partial charge in [-0.25, -0.2) is 4.98 Å². The number of carbonyl (C=O) groups is 1. The first-order valence-electron chi connectivity index (χ1n) is 9.44. The SMILES string of the molecule is COc1cccc(NC(=O)Cn2cnc3scc(-c4ccc(C)c(C)c4)c3c2=O)c1. The summed E-state index contributed by atoms with van der Waals surface area (Å²) in [6, 6.07) is 13.2. The van der Waals surface area contributed by atoms with Crippen molar-refractivity contribution in [1.29, 1.82) is 0 Å². The van der Waals surface area contributed by atoms with Gasteiger partial charge in [0.15, 0.2) is 0 Å². The number of methoxy groups -OCH3 is 1. The molecule has 0 bridgehead atoms. The van der Waals surface area contributed by atoms with Crippen LogP contribution in [0.2, 0.25) is 0 Å². The van der Waals surface area contributed by atoms with E-state index in [-0.39, 0.29) is 18.0 Å². The minimum atomic E-state index is -0.311. The molecule has 1 N–H and O–H groups in total. The molecule has 0 radical (unpaired) electrons. The minimum Gasteiger partial charge on any atom is -0.497 e. The van der Waals surface area contributed by atoms with E-state index in [9.17, 15) is 9.59 Å². The Bertz CT molecular complexity index is 1310. The molecular formula is C23H21N3O3S. The van der Waals surface area contributed by atoms with E-state index in [4.69, 9.17) is 4.74 Å². The molecule has 2 aromatic carbocycles. The Kier molecular flexibility index (Phi) is 5.37. The molecule has 0 fully saturated rings. The van der Waals surface area contributed by atoms with E-state index in [1.807, 2.05) is 24.4 Å². The lowest BCUT2D eigenvalue weighted by Gasteiger charge is -2.09. The fourth-order valence-electron chi connectivity index (χ4n) is 3.26. The number of hydrogen-bond acceptors (Lipinski definition) is 5. The summed E-state index contributed by atoms with van der Waals surface area (Å²) in [5.41, 5.74) is 4.56. The summed E-state index contributed by atoms with van der Waals surface area (Å²) in [5.74, 6) is 0.332. The van der Waals surface area contributed by atoms with Crippen molar-refractivity contribution in [2.75, 3.05) is 12.4 Å². The number of nitrogens with one attached hydrogen (secondary N) is 1. The molecule has 0 saturated heterocycles. The third kappa shape index (κ3) is 3.84. The first-order chi connectivity index (χ1) is 14.5. The minimum absolute atomic E-state index is 0.124. The van der Waals surface area contributed by atoms with Crippen LogP contribution in [0.1, 0.15) is 11.1 Å². The number of amides is 1. The fraction of sp³-hybridized carbons (Fsp3) is 0.174. The summed E-state index contributed by atoms with van der Waals surface area (Å²) in [4.78, 5) is 30.7. The highest BCUT2D eigenvalue weighted by molar-refractivity contribution is 7.17. The number of rotatable bonds is 5. The molecule has 4 aromatic rings. The third-order valence-electron chi connectivity index (χ3n) is 5.05. The first-order valence-corrected chi connectivity index (χ1v) is 10.3. The van der Waals surface area contributed by atoms with Crippen LogP contribution in [-0.2, 0) is 11.3 Å². The second kappa shape index (κ2) is 8.12. The van der Waals surface area contributed by atoms with Gasteiger partial charge in [-0.3, -0.25) is 14.2 Å². The van der Waals surface area contributed by atoms with Gasteiger partial charge in [-0.15, -0.1) is 11.3 Å². The number of benzene rings is 2. The van der Waals surface area contributed by atoms with Crippen LogP contribution < -0.4 is 15.6 Å². The van der Waals surface area contributed by atoms with Crippen LogP contribution in [0.4, 0.5) is 5.69 Å². The number of fused-ring (bicyclic) bond motifs is 1. The van der Waals surface area contributed by atoms with Gasteiger partial charge in [0.25, 0.3) is 5.56 Å². The average molecular weight is 420 g/mol. The summed E-state index contributed by atoms with van der Waals surface area (Å²) in [6.07, 6.45) is 1.43. The predicted molar refractivity (Wildman–Crippen MR) is 120 cm³/mol. The Labute approximate surface area is 177 Å². The number of carbonyl (C=O) groups excluding carboxylic acids is 1. The zero-order chi connectivity index (χ0) is 21.3. The van der Waals surface area contributed by atoms with Crippen LogP contribution >= 0.6 is 11.3 Å². The molecule has 0 spiro atoms. The summed E-state index contributed by atoms with van der Waals surface area (Å²) < 4.78 is 6.51. The molecule has 0 unspecified atom stereocenters. The number of ether oxygens (including phenoxy) is 1. The molecule has 0 saturated carbocycles. The quantitative estimate of drug-likeness (QED) is 0.521. The van der Waals surface area contributed by atoms with Gasteiger partial charge >= 0.3 is 0 Å². The van der Waals surface area contributed by atoms with E-state index >= 15 is 0 Å². The molecule has 0 aliphatic carbocycles. The number of hydrogen-bond donors (Lipinski definition) is 1. The topological polar surface area (TPSA) is 73.2 Å². The third-order valence-corrected chi connectivity index (χ3v) is 5.93. The van der Waals surface area contributed by atoms with Gasteiger partial charge in [-0.05, 0) is 42.7 Å². The lowest BCUT2D eigenvalue weighted by atomic mass is 10.0. The lowest BCUT2D eigenvalue weighted by molar-refractivity contribution is -0.116. The molecule has 0 aliphatic rings. The van der Waals surface area contributed by atoms with Gasteiger partial charge in [0.2, 0.25) is 5.91 Å². The van der Waals surface area contributed by atoms with Crippen LogP contribution in [0, 0.1) is 13.8 Å². The van der Waals surface area contributed by atoms with Crippen molar-refractivity contribution in [1.82, 2.24) is 9.55 Å². The summed E-state index contributed by atoms with van der Waals surface area (Å²) in [6.45, 7) is 3.98. The number of thiophene rings is 1. The molecule has 6 nitrogen and oxygen atoms in total. The van der Waals surface area contributed by atoms with E-state index in [0.717, 1.165) is 16.7 Å². The smallest absolute Gasteiger partial charge is 0.263 e. The normalized spacial score (nSPS) is 10.9. The number of aryl methyl sites for hydroxylation is 2. The number of anilines is 1. The van der Waals surface area contributed by atoms with Gasteiger partial charge in [-0.1, -0.05) is 24.3 Å². The van der Waals surface area contributed by atoms with Crippen molar-refractivity contribution in [3.63, 3.8) is 0 Å². The highest BCUT2D eigenvalue weighted by Gasteiger charge is 2.15. The van der Waals surface area contributed by atoms with Gasteiger partial charge in [-0.2, -0.15) is 0 Å². The molecule has 0 atom stereocenters. The average Bonchev–Trinajstić information content (AvgIpc) is 3.17. The maximum atomic E-state index is 13.2. The number of aromatic nitrogens is 2. The van der Waals surface area contributed by atoms with Crippen molar-refractivity contribution >= 4 is 33.1 Å². The fourth-order valence-corrected chi connectivity index (χ4v) is 4.16. The lowest BCUT2D eigenvalue weighted by Crippen LogP contribution is -2.27. The maximum Gasteiger partial charge on any atom is 0.263 e. The van der Waals surface area contributed by atoms with Crippen molar-refractivity contribution in [3.8, 4) is 16.9 Å². The zero-order valence-corrected chi connectivity index (χ0v) is 17.7. The molecule has 7 heteroatoms. The van der Waals surface area contributed by atoms with Crippen molar-refractivity contribution < 1.29 is 9.53 Å². The Morgan fingerprint density at radius 2 is 2.00 bits per heavy atom.